The van der Waals surface area contributed by atoms with E-state index in [4.69, 9.17) is 4.74 Å². The molecule has 0 N–H and O–H groups in total. The van der Waals surface area contributed by atoms with Crippen LogP contribution in [-0.4, -0.2) is 41.6 Å². The first-order chi connectivity index (χ1) is 11.0. The van der Waals surface area contributed by atoms with Crippen molar-refractivity contribution in [2.75, 3.05) is 6.54 Å². The second-order valence-electron chi connectivity index (χ2n) is 8.54. The van der Waals surface area contributed by atoms with Crippen LogP contribution in [0.1, 0.15) is 46.5 Å². The lowest BCUT2D eigenvalue weighted by molar-refractivity contribution is -0.173. The van der Waals surface area contributed by atoms with E-state index in [1.807, 2.05) is 0 Å². The number of halogens is 3. The summed E-state index contributed by atoms with van der Waals surface area (Å²) >= 11 is 0. The van der Waals surface area contributed by atoms with E-state index in [0.717, 1.165) is 19.3 Å². The van der Waals surface area contributed by atoms with E-state index >= 15 is 0 Å². The smallest absolute Gasteiger partial charge is 0.397 e. The molecular weight excluding hydrogens is 323 g/mol. The molecule has 0 spiro atoms. The maximum Gasteiger partial charge on any atom is 0.397 e. The first-order valence-corrected chi connectivity index (χ1v) is 8.53. The van der Waals surface area contributed by atoms with Crippen molar-refractivity contribution in [2.45, 2.75) is 64.8 Å². The Bertz CT molecular complexity index is 540. The summed E-state index contributed by atoms with van der Waals surface area (Å²) < 4.78 is 43.6. The highest BCUT2D eigenvalue weighted by atomic mass is 19.4. The van der Waals surface area contributed by atoms with E-state index in [9.17, 15) is 22.8 Å². The third-order valence-corrected chi connectivity index (χ3v) is 5.50. The number of nitrogens with zero attached hydrogens (tertiary/aromatic N) is 1. The number of carbonyl (C=O) groups excluding carboxylic acids is 2. The fourth-order valence-electron chi connectivity index (χ4n) is 4.62. The van der Waals surface area contributed by atoms with E-state index in [2.05, 4.69) is 0 Å². The van der Waals surface area contributed by atoms with Gasteiger partial charge in [-0.15, -0.1) is 0 Å². The summed E-state index contributed by atoms with van der Waals surface area (Å²) in [5, 5.41) is 0. The summed E-state index contributed by atoms with van der Waals surface area (Å²) in [5.74, 6) is -0.708. The highest BCUT2D eigenvalue weighted by molar-refractivity contribution is 5.78. The van der Waals surface area contributed by atoms with Crippen molar-refractivity contribution in [3.8, 4) is 0 Å². The van der Waals surface area contributed by atoms with E-state index in [1.165, 1.54) is 4.90 Å². The number of piperidine rings is 1. The number of ether oxygens (including phenoxy) is 1. The molecule has 1 aliphatic heterocycles. The van der Waals surface area contributed by atoms with Gasteiger partial charge in [0.2, 0.25) is 5.91 Å². The van der Waals surface area contributed by atoms with Gasteiger partial charge in [-0.3, -0.25) is 9.59 Å². The number of fused-ring (bicyclic) bond motifs is 2. The monoisotopic (exact) mass is 347 g/mol. The molecule has 0 aromatic rings. The lowest BCUT2D eigenvalue weighted by Gasteiger charge is -2.42. The molecule has 1 saturated heterocycles. The van der Waals surface area contributed by atoms with Crippen LogP contribution in [0.2, 0.25) is 0 Å². The van der Waals surface area contributed by atoms with Crippen LogP contribution in [0.4, 0.5) is 13.2 Å². The number of hydrogen-bond donors (Lipinski definition) is 0. The Kier molecular flexibility index (Phi) is 4.12. The molecule has 136 valence electrons. The van der Waals surface area contributed by atoms with Gasteiger partial charge in [-0.05, 0) is 57.8 Å². The van der Waals surface area contributed by atoms with Gasteiger partial charge < -0.3 is 9.64 Å². The minimum Gasteiger partial charge on any atom is -0.459 e. The second kappa shape index (κ2) is 5.63. The van der Waals surface area contributed by atoms with Gasteiger partial charge in [0, 0.05) is 6.54 Å². The minimum atomic E-state index is -4.51. The zero-order valence-electron chi connectivity index (χ0n) is 14.2. The average Bonchev–Trinajstić information content (AvgIpc) is 2.57. The molecule has 0 aromatic heterocycles. The van der Waals surface area contributed by atoms with Crippen LogP contribution in [0.25, 0.3) is 0 Å². The first-order valence-electron chi connectivity index (χ1n) is 8.53. The van der Waals surface area contributed by atoms with Crippen LogP contribution < -0.4 is 0 Å². The van der Waals surface area contributed by atoms with Crippen LogP contribution in [0.15, 0.2) is 0 Å². The summed E-state index contributed by atoms with van der Waals surface area (Å²) in [6, 6.07) is -0.394. The number of esters is 1. The third kappa shape index (κ3) is 3.26. The lowest BCUT2D eigenvalue weighted by atomic mass is 9.78. The number of rotatable bonds is 2. The highest BCUT2D eigenvalue weighted by Gasteiger charge is 2.57. The van der Waals surface area contributed by atoms with Crippen molar-refractivity contribution in [1.82, 2.24) is 4.90 Å². The molecule has 24 heavy (non-hydrogen) atoms. The van der Waals surface area contributed by atoms with E-state index in [1.54, 1.807) is 20.8 Å². The molecule has 3 rings (SSSR count). The molecule has 3 bridgehead atoms. The lowest BCUT2D eigenvalue weighted by Crippen LogP contribution is -2.54. The van der Waals surface area contributed by atoms with E-state index in [0.29, 0.717) is 6.54 Å². The number of amides is 1. The Balaban J connectivity index is 1.81. The van der Waals surface area contributed by atoms with Gasteiger partial charge in [-0.25, -0.2) is 0 Å². The second-order valence-corrected chi connectivity index (χ2v) is 8.54. The third-order valence-electron chi connectivity index (χ3n) is 5.50. The van der Waals surface area contributed by atoms with Crippen molar-refractivity contribution in [2.24, 2.45) is 23.2 Å². The molecule has 0 radical (unpaired) electrons. The molecule has 7 heteroatoms. The maximum atomic E-state index is 12.6. The molecule has 1 heterocycles. The normalized spacial score (nSPS) is 35.2. The summed E-state index contributed by atoms with van der Waals surface area (Å²) in [6.45, 7) is 5.61. The van der Waals surface area contributed by atoms with Gasteiger partial charge in [0.25, 0.3) is 0 Å². The van der Waals surface area contributed by atoms with Gasteiger partial charge in [-0.1, -0.05) is 0 Å². The molecule has 2 aliphatic carbocycles. The number of carbonyl (C=O) groups is 2. The van der Waals surface area contributed by atoms with Gasteiger partial charge in [-0.2, -0.15) is 13.2 Å². The Morgan fingerprint density at radius 2 is 1.71 bits per heavy atom. The Hall–Kier alpha value is -1.27. The van der Waals surface area contributed by atoms with Gasteiger partial charge >= 0.3 is 12.1 Å². The SMILES string of the molecule is CC(C)(C)C(=O)O[C@H]1C2CC3C[C@@H](C2)C1N(C(=O)CC(F)(F)F)C3. The quantitative estimate of drug-likeness (QED) is 0.721. The number of likely N-dealkylation sites (tertiary alicyclic amines) is 1. The average molecular weight is 347 g/mol. The fraction of sp³-hybridized carbons (Fsp3) is 0.882. The molecule has 1 amide bonds. The van der Waals surface area contributed by atoms with Crippen LogP contribution in [0.5, 0.6) is 0 Å². The Morgan fingerprint density at radius 1 is 1.08 bits per heavy atom. The van der Waals surface area contributed by atoms with Crippen LogP contribution in [0.3, 0.4) is 0 Å². The molecule has 3 unspecified atom stereocenters. The van der Waals surface area contributed by atoms with Gasteiger partial charge in [0.15, 0.2) is 0 Å². The molecule has 3 aliphatic rings. The van der Waals surface area contributed by atoms with E-state index in [-0.39, 0.29) is 23.7 Å². The summed E-state index contributed by atoms with van der Waals surface area (Å²) in [5.41, 5.74) is -0.671. The van der Waals surface area contributed by atoms with Gasteiger partial charge in [0.05, 0.1) is 11.5 Å². The molecule has 3 fully saturated rings. The Morgan fingerprint density at radius 3 is 2.29 bits per heavy atom. The van der Waals surface area contributed by atoms with Crippen molar-refractivity contribution in [3.05, 3.63) is 0 Å². The highest BCUT2D eigenvalue weighted by Crippen LogP contribution is 2.52. The zero-order valence-corrected chi connectivity index (χ0v) is 14.2. The number of hydrogen-bond acceptors (Lipinski definition) is 3. The zero-order chi connectivity index (χ0) is 17.9. The van der Waals surface area contributed by atoms with Gasteiger partial charge in [0.1, 0.15) is 12.5 Å². The summed E-state index contributed by atoms with van der Waals surface area (Å²) in [6.07, 6.45) is -3.84. The standard InChI is InChI=1S/C17H24F3NO3/c1-16(2,3)15(23)24-14-11-5-9-4-10(6-11)13(14)21(8-9)12(22)7-17(18,19)20/h9-11,13-14H,4-8H2,1-3H3/t9?,10-,11?,13?,14-/m0/s1. The number of alkyl halides is 3. The molecule has 5 atom stereocenters. The van der Waals surface area contributed by atoms with Crippen molar-refractivity contribution in [1.29, 1.82) is 0 Å². The summed E-state index contributed by atoms with van der Waals surface area (Å²) in [4.78, 5) is 25.9. The Labute approximate surface area is 139 Å². The summed E-state index contributed by atoms with van der Waals surface area (Å²) in [7, 11) is 0. The molecule has 0 aromatic carbocycles. The van der Waals surface area contributed by atoms with Crippen molar-refractivity contribution < 1.29 is 27.5 Å². The molecule has 2 saturated carbocycles. The molecule has 4 nitrogen and oxygen atoms in total. The topological polar surface area (TPSA) is 46.6 Å². The van der Waals surface area contributed by atoms with E-state index < -0.39 is 36.1 Å². The predicted octanol–water partition coefficient (Wildman–Crippen LogP) is 3.15. The van der Waals surface area contributed by atoms with Crippen LogP contribution in [-0.2, 0) is 14.3 Å². The molecular formula is C17H24F3NO3. The minimum absolute atomic E-state index is 0.150. The largest absolute Gasteiger partial charge is 0.459 e. The van der Waals surface area contributed by atoms with Crippen LogP contribution >= 0.6 is 0 Å². The first kappa shape index (κ1) is 17.5. The predicted molar refractivity (Wildman–Crippen MR) is 79.8 cm³/mol. The maximum absolute atomic E-state index is 12.6. The van der Waals surface area contributed by atoms with Crippen molar-refractivity contribution in [3.63, 3.8) is 0 Å². The van der Waals surface area contributed by atoms with Crippen molar-refractivity contribution >= 4 is 11.9 Å². The fourth-order valence-corrected chi connectivity index (χ4v) is 4.62. The van der Waals surface area contributed by atoms with Crippen LogP contribution in [0, 0.1) is 23.2 Å².